The standard InChI is InChI=1S/C27H22FNO4/c1-15-12-20-22(13-16(15)2)33-26-23(25(20)30)24(19-6-4-5-7-21(19)28)29(27(26)31)14-17-8-10-18(32-3)11-9-17/h4-13,24H,14H2,1-3H3/t24-/m1/s1. The van der Waals surface area contributed by atoms with Crippen LogP contribution in [0.1, 0.15) is 44.4 Å². The van der Waals surface area contributed by atoms with Crippen LogP contribution < -0.4 is 10.2 Å². The SMILES string of the molecule is COc1ccc(CN2C(=O)c3oc4cc(C)c(C)cc4c(=O)c3[C@H]2c2ccccc2F)cc1. The molecule has 0 unspecified atom stereocenters. The van der Waals surface area contributed by atoms with Crippen molar-refractivity contribution in [3.8, 4) is 5.75 Å². The number of nitrogens with zero attached hydrogens (tertiary/aromatic N) is 1. The van der Waals surface area contributed by atoms with Crippen molar-refractivity contribution >= 4 is 16.9 Å². The molecule has 2 heterocycles. The maximum atomic E-state index is 14.9. The van der Waals surface area contributed by atoms with Crippen molar-refractivity contribution in [2.24, 2.45) is 0 Å². The lowest BCUT2D eigenvalue weighted by atomic mass is 9.97. The highest BCUT2D eigenvalue weighted by Crippen LogP contribution is 2.40. The lowest BCUT2D eigenvalue weighted by Crippen LogP contribution is -2.29. The number of methoxy groups -OCH3 is 1. The Hall–Kier alpha value is -3.93. The zero-order chi connectivity index (χ0) is 23.3. The second kappa shape index (κ2) is 7.89. The van der Waals surface area contributed by atoms with Gasteiger partial charge < -0.3 is 14.1 Å². The third-order valence-electron chi connectivity index (χ3n) is 6.29. The Morgan fingerprint density at radius 3 is 2.39 bits per heavy atom. The number of amides is 1. The van der Waals surface area contributed by atoms with Crippen LogP contribution in [0.5, 0.6) is 5.75 Å². The van der Waals surface area contributed by atoms with E-state index in [9.17, 15) is 14.0 Å². The van der Waals surface area contributed by atoms with E-state index in [1.807, 2.05) is 26.0 Å². The first-order valence-electron chi connectivity index (χ1n) is 10.7. The van der Waals surface area contributed by atoms with Crippen molar-refractivity contribution < 1.29 is 18.3 Å². The fourth-order valence-corrected chi connectivity index (χ4v) is 4.39. The fourth-order valence-electron chi connectivity index (χ4n) is 4.39. The summed E-state index contributed by atoms with van der Waals surface area (Å²) in [7, 11) is 1.58. The lowest BCUT2D eigenvalue weighted by molar-refractivity contribution is 0.0712. The summed E-state index contributed by atoms with van der Waals surface area (Å²) in [5, 5.41) is 0.386. The summed E-state index contributed by atoms with van der Waals surface area (Å²) in [6.07, 6.45) is 0. The van der Waals surface area contributed by atoms with Gasteiger partial charge in [0.25, 0.3) is 5.91 Å². The molecule has 1 amide bonds. The quantitative estimate of drug-likeness (QED) is 0.429. The molecule has 3 aromatic carbocycles. The number of fused-ring (bicyclic) bond motifs is 2. The highest BCUT2D eigenvalue weighted by Gasteiger charge is 2.43. The number of halogens is 1. The Morgan fingerprint density at radius 2 is 1.70 bits per heavy atom. The van der Waals surface area contributed by atoms with Crippen molar-refractivity contribution in [1.29, 1.82) is 0 Å². The first-order chi connectivity index (χ1) is 15.9. The highest BCUT2D eigenvalue weighted by molar-refractivity contribution is 5.99. The Kier molecular flexibility index (Phi) is 5.01. The minimum absolute atomic E-state index is 0.0301. The Bertz CT molecular complexity index is 1460. The molecule has 1 aliphatic rings. The first-order valence-corrected chi connectivity index (χ1v) is 10.7. The van der Waals surface area contributed by atoms with Gasteiger partial charge in [-0.2, -0.15) is 0 Å². The predicted molar refractivity (Wildman–Crippen MR) is 123 cm³/mol. The van der Waals surface area contributed by atoms with Crippen molar-refractivity contribution in [3.63, 3.8) is 0 Å². The van der Waals surface area contributed by atoms with Crippen LogP contribution in [0, 0.1) is 19.7 Å². The third-order valence-corrected chi connectivity index (χ3v) is 6.29. The number of aryl methyl sites for hydroxylation is 2. The van der Waals surface area contributed by atoms with Crippen molar-refractivity contribution in [2.45, 2.75) is 26.4 Å². The van der Waals surface area contributed by atoms with Gasteiger partial charge in [0.1, 0.15) is 17.1 Å². The molecule has 0 saturated heterocycles. The van der Waals surface area contributed by atoms with E-state index < -0.39 is 17.8 Å². The number of carbonyl (C=O) groups is 1. The van der Waals surface area contributed by atoms with Crippen LogP contribution in [0.25, 0.3) is 11.0 Å². The van der Waals surface area contributed by atoms with Gasteiger partial charge in [-0.3, -0.25) is 9.59 Å². The van der Waals surface area contributed by atoms with E-state index in [2.05, 4.69) is 0 Å². The number of benzene rings is 3. The van der Waals surface area contributed by atoms with E-state index in [0.717, 1.165) is 16.7 Å². The minimum atomic E-state index is -0.891. The normalized spacial score (nSPS) is 15.2. The van der Waals surface area contributed by atoms with Crippen LogP contribution >= 0.6 is 0 Å². The van der Waals surface area contributed by atoms with E-state index in [0.29, 0.717) is 16.7 Å². The molecule has 6 heteroatoms. The van der Waals surface area contributed by atoms with Crippen LogP contribution in [0.2, 0.25) is 0 Å². The van der Waals surface area contributed by atoms with Gasteiger partial charge in [-0.1, -0.05) is 30.3 Å². The summed E-state index contributed by atoms with van der Waals surface area (Å²) in [6.45, 7) is 4.01. The van der Waals surface area contributed by atoms with Gasteiger partial charge in [0, 0.05) is 12.1 Å². The summed E-state index contributed by atoms with van der Waals surface area (Å²) in [5.41, 5.74) is 3.19. The molecule has 5 nitrogen and oxygen atoms in total. The van der Waals surface area contributed by atoms with Crippen molar-refractivity contribution in [1.82, 2.24) is 4.90 Å². The van der Waals surface area contributed by atoms with E-state index in [-0.39, 0.29) is 28.9 Å². The molecule has 1 atom stereocenters. The molecule has 0 bridgehead atoms. The molecule has 0 radical (unpaired) electrons. The molecule has 0 fully saturated rings. The summed E-state index contributed by atoms with van der Waals surface area (Å²) in [6, 6.07) is 16.1. The smallest absolute Gasteiger partial charge is 0.291 e. The number of rotatable bonds is 4. The number of ether oxygens (including phenoxy) is 1. The lowest BCUT2D eigenvalue weighted by Gasteiger charge is -2.25. The average Bonchev–Trinajstić information content (AvgIpc) is 3.08. The molecule has 1 aliphatic heterocycles. The second-order valence-electron chi connectivity index (χ2n) is 8.31. The molecule has 0 spiro atoms. The minimum Gasteiger partial charge on any atom is -0.497 e. The van der Waals surface area contributed by atoms with Gasteiger partial charge in [0.2, 0.25) is 5.76 Å². The van der Waals surface area contributed by atoms with Crippen molar-refractivity contribution in [3.05, 3.63) is 110 Å². The van der Waals surface area contributed by atoms with Crippen LogP contribution in [-0.4, -0.2) is 17.9 Å². The number of hydrogen-bond donors (Lipinski definition) is 0. The van der Waals surface area contributed by atoms with Gasteiger partial charge in [-0.05, 0) is 60.9 Å². The maximum absolute atomic E-state index is 14.9. The predicted octanol–water partition coefficient (Wildman–Crippen LogP) is 5.30. The molecule has 33 heavy (non-hydrogen) atoms. The zero-order valence-corrected chi connectivity index (χ0v) is 18.5. The van der Waals surface area contributed by atoms with E-state index in [4.69, 9.17) is 9.15 Å². The van der Waals surface area contributed by atoms with Gasteiger partial charge in [0.15, 0.2) is 5.43 Å². The van der Waals surface area contributed by atoms with Crippen LogP contribution in [-0.2, 0) is 6.54 Å². The van der Waals surface area contributed by atoms with Gasteiger partial charge >= 0.3 is 0 Å². The highest BCUT2D eigenvalue weighted by atomic mass is 19.1. The van der Waals surface area contributed by atoms with E-state index >= 15 is 0 Å². The third kappa shape index (κ3) is 3.39. The maximum Gasteiger partial charge on any atom is 0.291 e. The largest absolute Gasteiger partial charge is 0.497 e. The molecular formula is C27H22FNO4. The van der Waals surface area contributed by atoms with Crippen LogP contribution in [0.15, 0.2) is 69.9 Å². The molecular weight excluding hydrogens is 421 g/mol. The molecule has 0 aliphatic carbocycles. The van der Waals surface area contributed by atoms with E-state index in [1.165, 1.54) is 11.0 Å². The number of hydrogen-bond acceptors (Lipinski definition) is 4. The second-order valence-corrected chi connectivity index (χ2v) is 8.31. The molecule has 1 aromatic heterocycles. The molecule has 5 rings (SSSR count). The monoisotopic (exact) mass is 443 g/mol. The molecule has 4 aromatic rings. The molecule has 0 N–H and O–H groups in total. The van der Waals surface area contributed by atoms with Gasteiger partial charge in [0.05, 0.1) is 24.1 Å². The topological polar surface area (TPSA) is 59.8 Å². The summed E-state index contributed by atoms with van der Waals surface area (Å²) in [4.78, 5) is 28.6. The van der Waals surface area contributed by atoms with Gasteiger partial charge in [-0.15, -0.1) is 0 Å². The average molecular weight is 443 g/mol. The molecule has 0 saturated carbocycles. The van der Waals surface area contributed by atoms with E-state index in [1.54, 1.807) is 49.6 Å². The van der Waals surface area contributed by atoms with Gasteiger partial charge in [-0.25, -0.2) is 4.39 Å². The Balaban J connectivity index is 1.72. The summed E-state index contributed by atoms with van der Waals surface area (Å²) >= 11 is 0. The van der Waals surface area contributed by atoms with Crippen LogP contribution in [0.4, 0.5) is 4.39 Å². The summed E-state index contributed by atoms with van der Waals surface area (Å²) in [5.74, 6) is -0.263. The molecule has 166 valence electrons. The zero-order valence-electron chi connectivity index (χ0n) is 18.5. The number of carbonyl (C=O) groups excluding carboxylic acids is 1. The Labute approximate surface area is 190 Å². The fraction of sp³-hybridized carbons (Fsp3) is 0.185. The summed E-state index contributed by atoms with van der Waals surface area (Å²) < 4.78 is 26.2. The first kappa shape index (κ1) is 20.9. The van der Waals surface area contributed by atoms with Crippen LogP contribution in [0.3, 0.4) is 0 Å². The van der Waals surface area contributed by atoms with Crippen molar-refractivity contribution in [2.75, 3.05) is 7.11 Å². The Morgan fingerprint density at radius 1 is 1.00 bits per heavy atom.